The fourth-order valence-electron chi connectivity index (χ4n) is 3.05. The minimum absolute atomic E-state index is 0.416. The fraction of sp³-hybridized carbons (Fsp3) is 0.333. The zero-order chi connectivity index (χ0) is 15.3. The zero-order valence-corrected chi connectivity index (χ0v) is 14.1. The maximum atomic E-state index is 11.4. The Morgan fingerprint density at radius 1 is 1.10 bits per heavy atom. The van der Waals surface area contributed by atoms with Gasteiger partial charge in [0.05, 0.1) is 0 Å². The van der Waals surface area contributed by atoms with Gasteiger partial charge in [0.1, 0.15) is 17.0 Å². The van der Waals surface area contributed by atoms with E-state index in [1.54, 1.807) is 0 Å². The monoisotopic (exact) mass is 346 g/mol. The fourth-order valence-corrected chi connectivity index (χ4v) is 3.41. The number of aryl methyl sites for hydroxylation is 1. The van der Waals surface area contributed by atoms with Gasteiger partial charge >= 0.3 is 0 Å². The lowest BCUT2D eigenvalue weighted by atomic mass is 9.76. The van der Waals surface area contributed by atoms with Crippen molar-refractivity contribution in [1.82, 2.24) is 0 Å². The predicted molar refractivity (Wildman–Crippen MR) is 87.6 cm³/mol. The molecule has 0 fully saturated rings. The quantitative estimate of drug-likeness (QED) is 0.820. The van der Waals surface area contributed by atoms with Crippen LogP contribution in [-0.2, 0) is 5.60 Å². The average molecular weight is 347 g/mol. The van der Waals surface area contributed by atoms with Crippen LogP contribution in [0.5, 0.6) is 5.75 Å². The molecule has 0 radical (unpaired) electrons. The number of benzene rings is 2. The molecule has 0 aliphatic carbocycles. The summed E-state index contributed by atoms with van der Waals surface area (Å²) in [6.45, 7) is 6.07. The highest BCUT2D eigenvalue weighted by molar-refractivity contribution is 9.10. The van der Waals surface area contributed by atoms with Crippen LogP contribution >= 0.6 is 15.9 Å². The van der Waals surface area contributed by atoms with Crippen molar-refractivity contribution in [3.05, 3.63) is 63.6 Å². The largest absolute Gasteiger partial charge is 0.487 e. The lowest BCUT2D eigenvalue weighted by molar-refractivity contribution is -0.0379. The Morgan fingerprint density at radius 2 is 1.76 bits per heavy atom. The molecule has 21 heavy (non-hydrogen) atoms. The molecule has 2 aromatic rings. The topological polar surface area (TPSA) is 29.5 Å². The Bertz CT molecular complexity index is 676. The highest BCUT2D eigenvalue weighted by Gasteiger charge is 2.45. The molecule has 1 unspecified atom stereocenters. The highest BCUT2D eigenvalue weighted by Crippen LogP contribution is 2.47. The first kappa shape index (κ1) is 14.6. The zero-order valence-electron chi connectivity index (χ0n) is 12.5. The number of halogens is 1. The second kappa shape index (κ2) is 4.85. The SMILES string of the molecule is Cc1ccc(C2(O)CC(C)(C)Oc3ccc(Br)cc32)cc1. The van der Waals surface area contributed by atoms with Crippen LogP contribution in [0.15, 0.2) is 46.9 Å². The van der Waals surface area contributed by atoms with E-state index in [0.29, 0.717) is 6.42 Å². The molecule has 0 saturated heterocycles. The van der Waals surface area contributed by atoms with Gasteiger partial charge < -0.3 is 9.84 Å². The van der Waals surface area contributed by atoms with Gasteiger partial charge in [-0.3, -0.25) is 0 Å². The Morgan fingerprint density at radius 3 is 2.43 bits per heavy atom. The molecule has 1 aliphatic heterocycles. The van der Waals surface area contributed by atoms with E-state index < -0.39 is 11.2 Å². The summed E-state index contributed by atoms with van der Waals surface area (Å²) in [4.78, 5) is 0. The van der Waals surface area contributed by atoms with E-state index in [2.05, 4.69) is 15.9 Å². The molecule has 2 nitrogen and oxygen atoms in total. The van der Waals surface area contributed by atoms with Crippen molar-refractivity contribution in [1.29, 1.82) is 0 Å². The maximum Gasteiger partial charge on any atom is 0.126 e. The smallest absolute Gasteiger partial charge is 0.126 e. The third-order valence-corrected chi connectivity index (χ3v) is 4.48. The first-order valence-corrected chi connectivity index (χ1v) is 7.88. The van der Waals surface area contributed by atoms with Crippen molar-refractivity contribution in [2.45, 2.75) is 38.4 Å². The van der Waals surface area contributed by atoms with Gasteiger partial charge in [-0.2, -0.15) is 0 Å². The molecule has 0 saturated carbocycles. The van der Waals surface area contributed by atoms with Crippen molar-refractivity contribution < 1.29 is 9.84 Å². The summed E-state index contributed by atoms with van der Waals surface area (Å²) in [6.07, 6.45) is 0.520. The first-order valence-electron chi connectivity index (χ1n) is 7.09. The molecule has 0 aromatic heterocycles. The first-order chi connectivity index (χ1) is 9.80. The number of hydrogen-bond acceptors (Lipinski definition) is 2. The molecule has 3 heteroatoms. The molecule has 1 N–H and O–H groups in total. The second-order valence-corrected chi connectivity index (χ2v) is 7.32. The van der Waals surface area contributed by atoms with Crippen molar-refractivity contribution >= 4 is 15.9 Å². The van der Waals surface area contributed by atoms with Gasteiger partial charge in [0.15, 0.2) is 0 Å². The van der Waals surface area contributed by atoms with E-state index in [-0.39, 0.29) is 0 Å². The van der Waals surface area contributed by atoms with E-state index in [1.807, 2.05) is 63.2 Å². The van der Waals surface area contributed by atoms with E-state index in [0.717, 1.165) is 21.3 Å². The lowest BCUT2D eigenvalue weighted by Crippen LogP contribution is -2.45. The van der Waals surface area contributed by atoms with Crippen LogP contribution in [0.3, 0.4) is 0 Å². The predicted octanol–water partition coefficient (Wildman–Crippen LogP) is 4.55. The molecule has 0 spiro atoms. The van der Waals surface area contributed by atoms with E-state index in [9.17, 15) is 5.11 Å². The van der Waals surface area contributed by atoms with Gasteiger partial charge in [-0.1, -0.05) is 45.8 Å². The van der Waals surface area contributed by atoms with E-state index in [4.69, 9.17) is 4.74 Å². The van der Waals surface area contributed by atoms with Gasteiger partial charge in [-0.05, 0) is 44.5 Å². The standard InChI is InChI=1S/C18H19BrO2/c1-12-4-6-13(7-5-12)18(20)11-17(2,3)21-16-9-8-14(19)10-15(16)18/h4-10,20H,11H2,1-3H3. The minimum Gasteiger partial charge on any atom is -0.487 e. The molecule has 1 aliphatic rings. The third kappa shape index (κ3) is 2.60. The molecule has 2 aromatic carbocycles. The van der Waals surface area contributed by atoms with Crippen molar-refractivity contribution in [3.63, 3.8) is 0 Å². The summed E-state index contributed by atoms with van der Waals surface area (Å²) in [7, 11) is 0. The number of ether oxygens (including phenoxy) is 1. The molecule has 0 amide bonds. The number of hydrogen-bond donors (Lipinski definition) is 1. The molecular weight excluding hydrogens is 328 g/mol. The normalized spacial score (nSPS) is 23.3. The summed E-state index contributed by atoms with van der Waals surface area (Å²) in [5.74, 6) is 0.748. The molecule has 0 bridgehead atoms. The van der Waals surface area contributed by atoms with Gasteiger partial charge in [0.25, 0.3) is 0 Å². The van der Waals surface area contributed by atoms with Crippen LogP contribution in [0.1, 0.15) is 37.0 Å². The third-order valence-electron chi connectivity index (χ3n) is 3.98. The van der Waals surface area contributed by atoms with Crippen LogP contribution in [0, 0.1) is 6.92 Å². The van der Waals surface area contributed by atoms with E-state index in [1.165, 1.54) is 5.56 Å². The number of rotatable bonds is 1. The van der Waals surface area contributed by atoms with E-state index >= 15 is 0 Å². The molecule has 1 atom stereocenters. The van der Waals surface area contributed by atoms with Gasteiger partial charge in [-0.15, -0.1) is 0 Å². The Hall–Kier alpha value is -1.32. The minimum atomic E-state index is -1.03. The number of aliphatic hydroxyl groups is 1. The number of fused-ring (bicyclic) bond motifs is 1. The van der Waals surface area contributed by atoms with Crippen LogP contribution < -0.4 is 4.74 Å². The molecule has 3 rings (SSSR count). The average Bonchev–Trinajstić information content (AvgIpc) is 2.39. The van der Waals surface area contributed by atoms with Crippen LogP contribution in [0.2, 0.25) is 0 Å². The Balaban J connectivity index is 2.21. The Kier molecular flexibility index (Phi) is 3.38. The van der Waals surface area contributed by atoms with Gasteiger partial charge in [-0.25, -0.2) is 0 Å². The second-order valence-electron chi connectivity index (χ2n) is 6.41. The van der Waals surface area contributed by atoms with Gasteiger partial charge in [0, 0.05) is 16.5 Å². The summed E-state index contributed by atoms with van der Waals surface area (Å²) >= 11 is 3.49. The van der Waals surface area contributed by atoms with Crippen molar-refractivity contribution in [2.24, 2.45) is 0 Å². The summed E-state index contributed by atoms with van der Waals surface area (Å²) in [5, 5.41) is 11.4. The summed E-state index contributed by atoms with van der Waals surface area (Å²) in [6, 6.07) is 13.9. The van der Waals surface area contributed by atoms with Crippen LogP contribution in [-0.4, -0.2) is 10.7 Å². The van der Waals surface area contributed by atoms with Crippen LogP contribution in [0.25, 0.3) is 0 Å². The van der Waals surface area contributed by atoms with Crippen molar-refractivity contribution in [2.75, 3.05) is 0 Å². The highest BCUT2D eigenvalue weighted by atomic mass is 79.9. The van der Waals surface area contributed by atoms with Crippen LogP contribution in [0.4, 0.5) is 0 Å². The molecular formula is C18H19BrO2. The summed E-state index contributed by atoms with van der Waals surface area (Å²) < 4.78 is 6.97. The lowest BCUT2D eigenvalue weighted by Gasteiger charge is -2.43. The molecule has 1 heterocycles. The van der Waals surface area contributed by atoms with Gasteiger partial charge in [0.2, 0.25) is 0 Å². The summed E-state index contributed by atoms with van der Waals surface area (Å²) in [5.41, 5.74) is 1.46. The Labute approximate surface area is 133 Å². The van der Waals surface area contributed by atoms with Crippen molar-refractivity contribution in [3.8, 4) is 5.75 Å². The maximum absolute atomic E-state index is 11.4. The molecule has 110 valence electrons.